The summed E-state index contributed by atoms with van der Waals surface area (Å²) in [5.41, 5.74) is -0.561. The van der Waals surface area contributed by atoms with Crippen LogP contribution in [-0.4, -0.2) is 39.7 Å². The lowest BCUT2D eigenvalue weighted by molar-refractivity contribution is -0.137. The summed E-state index contributed by atoms with van der Waals surface area (Å²) >= 11 is 1.32. The molecular formula is C10H16N2O4S. The van der Waals surface area contributed by atoms with Crippen LogP contribution in [0.5, 0.6) is 0 Å². The summed E-state index contributed by atoms with van der Waals surface area (Å²) in [4.78, 5) is 26.0. The van der Waals surface area contributed by atoms with E-state index in [9.17, 15) is 9.59 Å². The number of nitrogens with zero attached hydrogens (tertiary/aromatic N) is 1. The minimum atomic E-state index is -0.891. The van der Waals surface area contributed by atoms with E-state index in [0.717, 1.165) is 0 Å². The Kier molecular flexibility index (Phi) is 4.39. The Bertz CT molecular complexity index is 349. The van der Waals surface area contributed by atoms with Crippen LogP contribution in [0.15, 0.2) is 4.99 Å². The molecule has 0 saturated carbocycles. The van der Waals surface area contributed by atoms with Crippen molar-refractivity contribution in [1.29, 1.82) is 0 Å². The number of aliphatic imine (C=N–C) groups is 1. The molecule has 7 heteroatoms. The Morgan fingerprint density at radius 1 is 1.59 bits per heavy atom. The zero-order valence-corrected chi connectivity index (χ0v) is 10.8. The summed E-state index contributed by atoms with van der Waals surface area (Å²) in [5.74, 6) is -0.324. The third-order valence-corrected chi connectivity index (χ3v) is 2.76. The molecule has 1 unspecified atom stereocenters. The molecule has 1 rings (SSSR count). The third-order valence-electron chi connectivity index (χ3n) is 1.73. The van der Waals surface area contributed by atoms with Crippen molar-refractivity contribution in [2.75, 3.05) is 5.75 Å². The number of alkyl carbamates (subject to hydrolysis) is 1. The van der Waals surface area contributed by atoms with E-state index >= 15 is 0 Å². The molecule has 1 heterocycles. The minimum absolute atomic E-state index is 0.0213. The largest absolute Gasteiger partial charge is 0.481 e. The SMILES string of the molecule is CC(C)(C)OC(=O)NC1=NC(CC(=O)O)CS1. The number of amides is 1. The first-order chi connectivity index (χ1) is 7.76. The Balaban J connectivity index is 2.43. The number of amidine groups is 1. The zero-order valence-electron chi connectivity index (χ0n) is 10.0. The maximum atomic E-state index is 11.4. The second-order valence-electron chi connectivity index (χ2n) is 4.62. The summed E-state index contributed by atoms with van der Waals surface area (Å²) in [7, 11) is 0. The van der Waals surface area contributed by atoms with E-state index in [1.807, 2.05) is 0 Å². The minimum Gasteiger partial charge on any atom is -0.481 e. The van der Waals surface area contributed by atoms with Gasteiger partial charge in [0.05, 0.1) is 12.5 Å². The summed E-state index contributed by atoms with van der Waals surface area (Å²) in [5, 5.41) is 11.5. The summed E-state index contributed by atoms with van der Waals surface area (Å²) in [6, 6.07) is -0.276. The van der Waals surface area contributed by atoms with Crippen molar-refractivity contribution in [2.24, 2.45) is 4.99 Å². The molecule has 0 fully saturated rings. The third kappa shape index (κ3) is 5.58. The zero-order chi connectivity index (χ0) is 13.1. The smallest absolute Gasteiger partial charge is 0.413 e. The number of ether oxygens (including phenoxy) is 1. The normalized spacial score (nSPS) is 19.7. The number of rotatable bonds is 2. The van der Waals surface area contributed by atoms with Gasteiger partial charge in [-0.3, -0.25) is 15.1 Å². The Morgan fingerprint density at radius 2 is 2.24 bits per heavy atom. The Hall–Kier alpha value is -1.24. The average molecular weight is 260 g/mol. The van der Waals surface area contributed by atoms with Gasteiger partial charge in [0.25, 0.3) is 0 Å². The van der Waals surface area contributed by atoms with Crippen LogP contribution in [0.1, 0.15) is 27.2 Å². The van der Waals surface area contributed by atoms with E-state index in [-0.39, 0.29) is 12.5 Å². The predicted octanol–water partition coefficient (Wildman–Crippen LogP) is 1.46. The van der Waals surface area contributed by atoms with Gasteiger partial charge in [-0.2, -0.15) is 0 Å². The fourth-order valence-corrected chi connectivity index (χ4v) is 2.10. The molecule has 1 amide bonds. The fourth-order valence-electron chi connectivity index (χ4n) is 1.18. The van der Waals surface area contributed by atoms with Gasteiger partial charge in [-0.1, -0.05) is 11.8 Å². The van der Waals surface area contributed by atoms with E-state index in [1.54, 1.807) is 20.8 Å². The van der Waals surface area contributed by atoms with Gasteiger partial charge in [0.15, 0.2) is 5.17 Å². The van der Waals surface area contributed by atoms with Crippen LogP contribution >= 0.6 is 11.8 Å². The molecule has 0 aromatic carbocycles. The first kappa shape index (κ1) is 13.8. The van der Waals surface area contributed by atoms with Crippen LogP contribution in [0, 0.1) is 0 Å². The molecule has 1 atom stereocenters. The van der Waals surface area contributed by atoms with Gasteiger partial charge in [-0.25, -0.2) is 4.79 Å². The number of hydrogen-bond donors (Lipinski definition) is 2. The summed E-state index contributed by atoms with van der Waals surface area (Å²) < 4.78 is 5.06. The van der Waals surface area contributed by atoms with Crippen LogP contribution in [0.3, 0.4) is 0 Å². The number of carboxylic acids is 1. The Morgan fingerprint density at radius 3 is 2.76 bits per heavy atom. The highest BCUT2D eigenvalue weighted by molar-refractivity contribution is 8.14. The molecule has 0 aliphatic carbocycles. The summed E-state index contributed by atoms with van der Waals surface area (Å²) in [6.45, 7) is 5.30. The number of carbonyl (C=O) groups is 2. The van der Waals surface area contributed by atoms with Gasteiger partial charge in [-0.15, -0.1) is 0 Å². The van der Waals surface area contributed by atoms with Crippen molar-refractivity contribution in [2.45, 2.75) is 38.8 Å². The highest BCUT2D eigenvalue weighted by Gasteiger charge is 2.24. The second-order valence-corrected chi connectivity index (χ2v) is 5.63. The van der Waals surface area contributed by atoms with Crippen LogP contribution in [0.4, 0.5) is 4.79 Å². The van der Waals surface area contributed by atoms with Gasteiger partial charge in [-0.05, 0) is 20.8 Å². The molecule has 1 aliphatic heterocycles. The lowest BCUT2D eigenvalue weighted by Crippen LogP contribution is -2.34. The Labute approximate surface area is 104 Å². The monoisotopic (exact) mass is 260 g/mol. The first-order valence-electron chi connectivity index (χ1n) is 5.18. The van der Waals surface area contributed by atoms with Crippen molar-refractivity contribution in [1.82, 2.24) is 5.32 Å². The molecule has 1 aliphatic rings. The number of hydrogen-bond acceptors (Lipinski definition) is 5. The highest BCUT2D eigenvalue weighted by Crippen LogP contribution is 2.19. The maximum absolute atomic E-state index is 11.4. The van der Waals surface area contributed by atoms with Gasteiger partial charge >= 0.3 is 12.1 Å². The van der Waals surface area contributed by atoms with Gasteiger partial charge < -0.3 is 9.84 Å². The van der Waals surface area contributed by atoms with E-state index in [4.69, 9.17) is 9.84 Å². The molecule has 17 heavy (non-hydrogen) atoms. The predicted molar refractivity (Wildman–Crippen MR) is 65.3 cm³/mol. The van der Waals surface area contributed by atoms with Crippen molar-refractivity contribution in [3.63, 3.8) is 0 Å². The topological polar surface area (TPSA) is 88.0 Å². The first-order valence-corrected chi connectivity index (χ1v) is 6.17. The number of carbonyl (C=O) groups excluding carboxylic acids is 1. The molecular weight excluding hydrogens is 244 g/mol. The van der Waals surface area contributed by atoms with Crippen LogP contribution in [0.25, 0.3) is 0 Å². The van der Waals surface area contributed by atoms with Crippen molar-refractivity contribution in [3.05, 3.63) is 0 Å². The van der Waals surface area contributed by atoms with Crippen LogP contribution in [-0.2, 0) is 9.53 Å². The lowest BCUT2D eigenvalue weighted by Gasteiger charge is -2.19. The van der Waals surface area contributed by atoms with Crippen molar-refractivity contribution < 1.29 is 19.4 Å². The molecule has 0 spiro atoms. The fraction of sp³-hybridized carbons (Fsp3) is 0.700. The average Bonchev–Trinajstić information content (AvgIpc) is 2.46. The second kappa shape index (κ2) is 5.39. The van der Waals surface area contributed by atoms with Gasteiger partial charge in [0.2, 0.25) is 0 Å². The molecule has 0 bridgehead atoms. The quantitative estimate of drug-likeness (QED) is 0.784. The van der Waals surface area contributed by atoms with Gasteiger partial charge in [0, 0.05) is 5.75 Å². The number of aliphatic carboxylic acids is 1. The number of thioether (sulfide) groups is 1. The molecule has 0 aromatic rings. The lowest BCUT2D eigenvalue weighted by atomic mass is 10.2. The maximum Gasteiger partial charge on any atom is 0.413 e. The van der Waals surface area contributed by atoms with Gasteiger partial charge in [0.1, 0.15) is 5.60 Å². The van der Waals surface area contributed by atoms with Crippen LogP contribution in [0.2, 0.25) is 0 Å². The molecule has 0 saturated heterocycles. The van der Waals surface area contributed by atoms with E-state index in [2.05, 4.69) is 10.3 Å². The number of carboxylic acid groups (broad SMARTS) is 1. The van der Waals surface area contributed by atoms with Crippen molar-refractivity contribution in [3.8, 4) is 0 Å². The highest BCUT2D eigenvalue weighted by atomic mass is 32.2. The van der Waals surface area contributed by atoms with E-state index < -0.39 is 17.7 Å². The van der Waals surface area contributed by atoms with E-state index in [1.165, 1.54) is 11.8 Å². The summed E-state index contributed by atoms with van der Waals surface area (Å²) in [6.07, 6.45) is -0.591. The molecule has 2 N–H and O–H groups in total. The van der Waals surface area contributed by atoms with E-state index in [0.29, 0.717) is 10.9 Å². The molecule has 6 nitrogen and oxygen atoms in total. The van der Waals surface area contributed by atoms with Crippen molar-refractivity contribution >= 4 is 29.0 Å². The molecule has 0 radical (unpaired) electrons. The molecule has 96 valence electrons. The number of nitrogens with one attached hydrogen (secondary N) is 1. The molecule has 0 aromatic heterocycles. The standard InChI is InChI=1S/C10H16N2O4S/c1-10(2,3)16-9(15)12-8-11-6(5-17-8)4-7(13)14/h6H,4-5H2,1-3H3,(H,13,14)(H,11,12,15). The van der Waals surface area contributed by atoms with Crippen LogP contribution < -0.4 is 5.32 Å².